The van der Waals surface area contributed by atoms with Gasteiger partial charge in [0.2, 0.25) is 0 Å². The van der Waals surface area contributed by atoms with E-state index in [-0.39, 0.29) is 0 Å². The van der Waals surface area contributed by atoms with Crippen molar-refractivity contribution in [1.82, 2.24) is 0 Å². The van der Waals surface area contributed by atoms with Crippen molar-refractivity contribution in [2.75, 3.05) is 5.75 Å². The summed E-state index contributed by atoms with van der Waals surface area (Å²) in [7, 11) is 0. The molecule has 1 unspecified atom stereocenters. The Labute approximate surface area is 78.1 Å². The lowest BCUT2D eigenvalue weighted by Gasteiger charge is -2.06. The third-order valence-electron chi connectivity index (χ3n) is 1.94. The quantitative estimate of drug-likeness (QED) is 0.631. The van der Waals surface area contributed by atoms with E-state index in [1.54, 1.807) is 23.9 Å². The van der Waals surface area contributed by atoms with Crippen LogP contribution in [-0.4, -0.2) is 5.75 Å². The van der Waals surface area contributed by atoms with E-state index in [0.29, 0.717) is 5.25 Å². The molecule has 1 heterocycles. The van der Waals surface area contributed by atoms with Gasteiger partial charge in [0.25, 0.3) is 0 Å². The van der Waals surface area contributed by atoms with E-state index in [4.69, 9.17) is 0 Å². The monoisotopic (exact) mass is 204 g/mol. The molecule has 1 aromatic rings. The van der Waals surface area contributed by atoms with Crippen molar-refractivity contribution >= 4 is 11.8 Å². The first-order valence-electron chi connectivity index (χ1n) is 3.86. The summed E-state index contributed by atoms with van der Waals surface area (Å²) in [5, 5.41) is 0.433. The molecule has 1 aliphatic heterocycles. The van der Waals surface area contributed by atoms with Crippen LogP contribution in [0, 0.1) is 0 Å². The number of rotatable bonds is 1. The molecule has 0 nitrogen and oxygen atoms in total. The summed E-state index contributed by atoms with van der Waals surface area (Å²) in [6, 6.07) is 5.42. The number of benzene rings is 1. The maximum atomic E-state index is 12.1. The number of alkyl halides is 3. The third kappa shape index (κ3) is 1.99. The molecule has 13 heavy (non-hydrogen) atoms. The Bertz CT molecular complexity index is 298. The van der Waals surface area contributed by atoms with E-state index >= 15 is 0 Å². The summed E-state index contributed by atoms with van der Waals surface area (Å²) >= 11 is 1.75. The zero-order chi connectivity index (χ0) is 9.47. The molecule has 1 aliphatic rings. The number of thioether (sulfide) groups is 1. The van der Waals surface area contributed by atoms with Gasteiger partial charge in [0.15, 0.2) is 0 Å². The van der Waals surface area contributed by atoms with Crippen molar-refractivity contribution in [3.05, 3.63) is 35.4 Å². The zero-order valence-corrected chi connectivity index (χ0v) is 7.45. The molecular formula is C9H7F3S. The molecule has 0 aliphatic carbocycles. The third-order valence-corrected chi connectivity index (χ3v) is 2.88. The minimum absolute atomic E-state index is 0.433. The Morgan fingerprint density at radius 1 is 1.15 bits per heavy atom. The lowest BCUT2D eigenvalue weighted by molar-refractivity contribution is -0.137. The van der Waals surface area contributed by atoms with Crippen molar-refractivity contribution in [1.29, 1.82) is 0 Å². The maximum absolute atomic E-state index is 12.1. The predicted molar refractivity (Wildman–Crippen MR) is 46.6 cm³/mol. The SMILES string of the molecule is FC(F)(F)c1ccc(C2CS2)cc1. The second-order valence-electron chi connectivity index (χ2n) is 2.94. The van der Waals surface area contributed by atoms with Crippen LogP contribution in [0.4, 0.5) is 13.2 Å². The smallest absolute Gasteiger partial charge is 0.166 e. The highest BCUT2D eigenvalue weighted by Gasteiger charge is 2.31. The minimum Gasteiger partial charge on any atom is -0.166 e. The molecule has 0 radical (unpaired) electrons. The summed E-state index contributed by atoms with van der Waals surface area (Å²) in [5.74, 6) is 1.03. The Balaban J connectivity index is 2.22. The average Bonchev–Trinajstić information content (AvgIpc) is 2.85. The first-order chi connectivity index (χ1) is 6.07. The van der Waals surface area contributed by atoms with Gasteiger partial charge in [-0.25, -0.2) is 0 Å². The van der Waals surface area contributed by atoms with E-state index in [9.17, 15) is 13.2 Å². The van der Waals surface area contributed by atoms with Gasteiger partial charge in [-0.3, -0.25) is 0 Å². The molecule has 0 saturated carbocycles. The van der Waals surface area contributed by atoms with Crippen molar-refractivity contribution in [2.24, 2.45) is 0 Å². The van der Waals surface area contributed by atoms with Crippen LogP contribution >= 0.6 is 11.8 Å². The van der Waals surface area contributed by atoms with Gasteiger partial charge in [-0.2, -0.15) is 24.9 Å². The van der Waals surface area contributed by atoms with E-state index in [1.807, 2.05) is 0 Å². The second-order valence-corrected chi connectivity index (χ2v) is 4.18. The number of halogens is 3. The van der Waals surface area contributed by atoms with Crippen LogP contribution in [0.15, 0.2) is 24.3 Å². The standard InChI is InChI=1S/C9H7F3S/c10-9(11,12)7-3-1-6(2-4-7)8-5-13-8/h1-4,8H,5H2. The lowest BCUT2D eigenvalue weighted by Crippen LogP contribution is -2.04. The Morgan fingerprint density at radius 2 is 1.69 bits per heavy atom. The second kappa shape index (κ2) is 2.94. The van der Waals surface area contributed by atoms with Crippen LogP contribution in [0.5, 0.6) is 0 Å². The van der Waals surface area contributed by atoms with Crippen molar-refractivity contribution in [3.8, 4) is 0 Å². The molecule has 70 valence electrons. The molecule has 2 rings (SSSR count). The van der Waals surface area contributed by atoms with Crippen LogP contribution < -0.4 is 0 Å². The van der Waals surface area contributed by atoms with Gasteiger partial charge in [0.05, 0.1) is 5.56 Å². The molecule has 0 N–H and O–H groups in total. The fourth-order valence-corrected chi connectivity index (χ4v) is 1.77. The molecule has 0 amide bonds. The molecule has 0 bridgehead atoms. The topological polar surface area (TPSA) is 0 Å². The minimum atomic E-state index is -4.21. The summed E-state index contributed by atoms with van der Waals surface area (Å²) in [5.41, 5.74) is 0.430. The molecule has 0 aromatic heterocycles. The first-order valence-corrected chi connectivity index (χ1v) is 4.91. The Hall–Kier alpha value is -0.640. The van der Waals surface area contributed by atoms with Gasteiger partial charge in [-0.15, -0.1) is 0 Å². The Kier molecular flexibility index (Phi) is 2.02. The van der Waals surface area contributed by atoms with Gasteiger partial charge in [0.1, 0.15) is 0 Å². The van der Waals surface area contributed by atoms with Crippen molar-refractivity contribution in [3.63, 3.8) is 0 Å². The fraction of sp³-hybridized carbons (Fsp3) is 0.333. The highest BCUT2D eigenvalue weighted by Crippen LogP contribution is 2.46. The first kappa shape index (κ1) is 8.94. The fourth-order valence-electron chi connectivity index (χ4n) is 1.13. The highest BCUT2D eigenvalue weighted by atomic mass is 32.2. The maximum Gasteiger partial charge on any atom is 0.416 e. The zero-order valence-electron chi connectivity index (χ0n) is 6.64. The van der Waals surface area contributed by atoms with Gasteiger partial charge >= 0.3 is 6.18 Å². The Morgan fingerprint density at radius 3 is 2.08 bits per heavy atom. The van der Waals surface area contributed by atoms with E-state index in [1.165, 1.54) is 0 Å². The summed E-state index contributed by atoms with van der Waals surface area (Å²) in [6.07, 6.45) is -4.21. The van der Waals surface area contributed by atoms with Crippen LogP contribution in [0.2, 0.25) is 0 Å². The predicted octanol–water partition coefficient (Wildman–Crippen LogP) is 3.49. The lowest BCUT2D eigenvalue weighted by atomic mass is 10.1. The summed E-state index contributed by atoms with van der Waals surface area (Å²) in [6.45, 7) is 0. The van der Waals surface area contributed by atoms with Crippen molar-refractivity contribution < 1.29 is 13.2 Å². The average molecular weight is 204 g/mol. The molecule has 1 saturated heterocycles. The van der Waals surface area contributed by atoms with E-state index < -0.39 is 11.7 Å². The van der Waals surface area contributed by atoms with Crippen LogP contribution in [0.1, 0.15) is 16.4 Å². The normalized spacial score (nSPS) is 21.6. The number of hydrogen-bond acceptors (Lipinski definition) is 1. The summed E-state index contributed by atoms with van der Waals surface area (Å²) < 4.78 is 36.4. The van der Waals surface area contributed by atoms with Gasteiger partial charge in [-0.1, -0.05) is 12.1 Å². The van der Waals surface area contributed by atoms with Gasteiger partial charge < -0.3 is 0 Å². The molecule has 0 spiro atoms. The molecule has 1 aromatic carbocycles. The molecule has 1 fully saturated rings. The van der Waals surface area contributed by atoms with Crippen LogP contribution in [0.25, 0.3) is 0 Å². The largest absolute Gasteiger partial charge is 0.416 e. The van der Waals surface area contributed by atoms with Gasteiger partial charge in [-0.05, 0) is 17.7 Å². The molecular weight excluding hydrogens is 197 g/mol. The van der Waals surface area contributed by atoms with E-state index in [0.717, 1.165) is 23.4 Å². The van der Waals surface area contributed by atoms with E-state index in [2.05, 4.69) is 0 Å². The van der Waals surface area contributed by atoms with Crippen molar-refractivity contribution in [2.45, 2.75) is 11.4 Å². The summed E-state index contributed by atoms with van der Waals surface area (Å²) in [4.78, 5) is 0. The molecule has 1 atom stereocenters. The van der Waals surface area contributed by atoms with Crippen LogP contribution in [-0.2, 0) is 6.18 Å². The number of hydrogen-bond donors (Lipinski definition) is 0. The van der Waals surface area contributed by atoms with Gasteiger partial charge in [0, 0.05) is 11.0 Å². The van der Waals surface area contributed by atoms with Crippen LogP contribution in [0.3, 0.4) is 0 Å². The molecule has 4 heteroatoms. The highest BCUT2D eigenvalue weighted by molar-refractivity contribution is 8.06.